The molecule has 1 aromatic rings. The Morgan fingerprint density at radius 3 is 2.20 bits per heavy atom. The lowest BCUT2D eigenvalue weighted by Crippen LogP contribution is -2.26. The fourth-order valence-electron chi connectivity index (χ4n) is 1.81. The minimum atomic E-state index is -3.84. The van der Waals surface area contributed by atoms with Crippen molar-refractivity contribution in [1.82, 2.24) is 0 Å². The molecule has 0 amide bonds. The minimum Gasteiger partial charge on any atom is -0.313 e. The largest absolute Gasteiger partial charge is 0.386 e. The highest BCUT2D eigenvalue weighted by atomic mass is 19.3. The van der Waals surface area contributed by atoms with Crippen LogP contribution in [0.5, 0.6) is 0 Å². The molecular weight excluding hydrogens is 272 g/mol. The summed E-state index contributed by atoms with van der Waals surface area (Å²) in [6.07, 6.45) is -3.42. The Bertz CT molecular complexity index is 457. The molecule has 0 saturated heterocycles. The van der Waals surface area contributed by atoms with E-state index in [1.165, 1.54) is 13.8 Å². The molecule has 0 radical (unpaired) electrons. The van der Waals surface area contributed by atoms with Crippen molar-refractivity contribution < 1.29 is 22.3 Å². The van der Waals surface area contributed by atoms with Gasteiger partial charge in [0.15, 0.2) is 11.6 Å². The van der Waals surface area contributed by atoms with Crippen molar-refractivity contribution in [2.24, 2.45) is 5.92 Å². The zero-order valence-corrected chi connectivity index (χ0v) is 12.1. The number of rotatable bonds is 6. The zero-order chi connectivity index (χ0) is 15.5. The average molecular weight is 292 g/mol. The number of halogens is 4. The van der Waals surface area contributed by atoms with Crippen LogP contribution in [0.2, 0.25) is 0 Å². The zero-order valence-electron chi connectivity index (χ0n) is 12.1. The monoisotopic (exact) mass is 292 g/mol. The summed E-state index contributed by atoms with van der Waals surface area (Å²) in [5.41, 5.74) is -1.08. The van der Waals surface area contributed by atoms with E-state index >= 15 is 0 Å². The second-order valence-electron chi connectivity index (χ2n) is 5.47. The van der Waals surface area contributed by atoms with Crippen LogP contribution in [-0.4, -0.2) is 6.10 Å². The first-order valence-electron chi connectivity index (χ1n) is 6.65. The number of alkyl halides is 2. The maximum atomic E-state index is 13.9. The Morgan fingerprint density at radius 2 is 1.65 bits per heavy atom. The van der Waals surface area contributed by atoms with Gasteiger partial charge >= 0.3 is 6.11 Å². The molecule has 1 rings (SSSR count). The fourth-order valence-corrected chi connectivity index (χ4v) is 1.81. The number of hydrogen-bond donors (Lipinski definition) is 0. The van der Waals surface area contributed by atoms with E-state index in [1.54, 1.807) is 0 Å². The normalized spacial score (nSPS) is 13.8. The second-order valence-corrected chi connectivity index (χ2v) is 5.47. The summed E-state index contributed by atoms with van der Waals surface area (Å²) in [5, 5.41) is 0. The average Bonchev–Trinajstić information content (AvgIpc) is 2.32. The van der Waals surface area contributed by atoms with Crippen molar-refractivity contribution >= 4 is 0 Å². The number of benzene rings is 1. The van der Waals surface area contributed by atoms with Crippen molar-refractivity contribution in [3.8, 4) is 0 Å². The van der Waals surface area contributed by atoms with Gasteiger partial charge in [0.05, 0.1) is 11.7 Å². The molecular formula is C15H20F4O. The summed E-state index contributed by atoms with van der Waals surface area (Å²) >= 11 is 0. The SMILES string of the molecule is Cc1ccc(C(F)(F)OC(C)CCC(C)C)c(F)c1F. The second kappa shape index (κ2) is 6.57. The molecule has 1 nitrogen and oxygen atoms in total. The molecule has 0 heterocycles. The highest BCUT2D eigenvalue weighted by Crippen LogP contribution is 2.34. The predicted molar refractivity (Wildman–Crippen MR) is 69.6 cm³/mol. The molecule has 0 aliphatic carbocycles. The van der Waals surface area contributed by atoms with Crippen LogP contribution >= 0.6 is 0 Å². The lowest BCUT2D eigenvalue weighted by atomic mass is 10.1. The molecule has 0 bridgehead atoms. The van der Waals surface area contributed by atoms with Crippen LogP contribution in [0.3, 0.4) is 0 Å². The van der Waals surface area contributed by atoms with E-state index in [2.05, 4.69) is 4.74 Å². The van der Waals surface area contributed by atoms with Gasteiger partial charge in [-0.3, -0.25) is 0 Å². The first kappa shape index (κ1) is 17.0. The maximum Gasteiger partial charge on any atom is 0.386 e. The van der Waals surface area contributed by atoms with E-state index < -0.39 is 29.4 Å². The molecule has 20 heavy (non-hydrogen) atoms. The maximum absolute atomic E-state index is 13.9. The molecule has 1 aromatic carbocycles. The molecule has 0 aromatic heterocycles. The van der Waals surface area contributed by atoms with Gasteiger partial charge in [-0.2, -0.15) is 8.78 Å². The molecule has 1 unspecified atom stereocenters. The van der Waals surface area contributed by atoms with Crippen LogP contribution in [-0.2, 0) is 10.8 Å². The number of aryl methyl sites for hydroxylation is 1. The van der Waals surface area contributed by atoms with Crippen LogP contribution in [0.1, 0.15) is 44.7 Å². The Kier molecular flexibility index (Phi) is 5.57. The van der Waals surface area contributed by atoms with Crippen molar-refractivity contribution in [2.45, 2.75) is 52.7 Å². The summed E-state index contributed by atoms with van der Waals surface area (Å²) < 4.78 is 59.3. The Morgan fingerprint density at radius 1 is 1.05 bits per heavy atom. The van der Waals surface area contributed by atoms with Crippen LogP contribution in [0.25, 0.3) is 0 Å². The minimum absolute atomic E-state index is 0.0186. The van der Waals surface area contributed by atoms with Gasteiger partial charge in [0, 0.05) is 0 Å². The molecule has 0 N–H and O–H groups in total. The smallest absolute Gasteiger partial charge is 0.313 e. The summed E-state index contributed by atoms with van der Waals surface area (Å²) in [6, 6.07) is 1.98. The molecule has 0 saturated carbocycles. The first-order chi connectivity index (χ1) is 9.15. The Balaban J connectivity index is 2.86. The van der Waals surface area contributed by atoms with Gasteiger partial charge in [-0.05, 0) is 44.2 Å². The molecule has 5 heteroatoms. The highest BCUT2D eigenvalue weighted by Gasteiger charge is 2.39. The van der Waals surface area contributed by atoms with Gasteiger partial charge in [0.25, 0.3) is 0 Å². The van der Waals surface area contributed by atoms with E-state index in [0.29, 0.717) is 12.3 Å². The van der Waals surface area contributed by atoms with Crippen LogP contribution in [0.15, 0.2) is 12.1 Å². The summed E-state index contributed by atoms with van der Waals surface area (Å²) in [7, 11) is 0. The van der Waals surface area contributed by atoms with Gasteiger partial charge in [0.1, 0.15) is 0 Å². The third kappa shape index (κ3) is 4.20. The molecule has 114 valence electrons. The van der Waals surface area contributed by atoms with Gasteiger partial charge in [-0.1, -0.05) is 19.9 Å². The van der Waals surface area contributed by atoms with Crippen LogP contribution in [0, 0.1) is 24.5 Å². The Hall–Kier alpha value is -1.10. The fraction of sp³-hybridized carbons (Fsp3) is 0.600. The lowest BCUT2D eigenvalue weighted by Gasteiger charge is -2.23. The van der Waals surface area contributed by atoms with Crippen LogP contribution in [0.4, 0.5) is 17.6 Å². The van der Waals surface area contributed by atoms with E-state index in [1.807, 2.05) is 13.8 Å². The van der Waals surface area contributed by atoms with Gasteiger partial charge in [-0.25, -0.2) is 8.78 Å². The molecule has 0 aliphatic heterocycles. The van der Waals surface area contributed by atoms with Gasteiger partial charge in [0.2, 0.25) is 0 Å². The summed E-state index contributed by atoms with van der Waals surface area (Å²) in [4.78, 5) is 0. The summed E-state index contributed by atoms with van der Waals surface area (Å²) in [5.74, 6) is -2.45. The van der Waals surface area contributed by atoms with Crippen LogP contribution < -0.4 is 0 Å². The van der Waals surface area contributed by atoms with E-state index in [-0.39, 0.29) is 5.56 Å². The number of hydrogen-bond acceptors (Lipinski definition) is 1. The van der Waals surface area contributed by atoms with Crippen molar-refractivity contribution in [3.05, 3.63) is 34.9 Å². The molecule has 0 fully saturated rings. The summed E-state index contributed by atoms with van der Waals surface area (Å²) in [6.45, 7) is 6.75. The first-order valence-corrected chi connectivity index (χ1v) is 6.65. The van der Waals surface area contributed by atoms with Crippen molar-refractivity contribution in [3.63, 3.8) is 0 Å². The Labute approximate surface area is 116 Å². The molecule has 1 atom stereocenters. The van der Waals surface area contributed by atoms with Gasteiger partial charge in [-0.15, -0.1) is 0 Å². The third-order valence-electron chi connectivity index (χ3n) is 3.09. The molecule has 0 spiro atoms. The van der Waals surface area contributed by atoms with E-state index in [4.69, 9.17) is 0 Å². The third-order valence-corrected chi connectivity index (χ3v) is 3.09. The van der Waals surface area contributed by atoms with E-state index in [0.717, 1.165) is 18.6 Å². The number of ether oxygens (including phenoxy) is 1. The predicted octanol–water partition coefficient (Wildman–Crippen LogP) is 5.16. The van der Waals surface area contributed by atoms with E-state index in [9.17, 15) is 17.6 Å². The lowest BCUT2D eigenvalue weighted by molar-refractivity contribution is -0.272. The topological polar surface area (TPSA) is 9.23 Å². The highest BCUT2D eigenvalue weighted by molar-refractivity contribution is 5.27. The quantitative estimate of drug-likeness (QED) is 0.658. The van der Waals surface area contributed by atoms with Crippen molar-refractivity contribution in [2.75, 3.05) is 0 Å². The standard InChI is InChI=1S/C15H20F4O/c1-9(2)5-7-11(4)20-15(18,19)12-8-6-10(3)13(16)14(12)17/h6,8-9,11H,5,7H2,1-4H3. The van der Waals surface area contributed by atoms with Crippen molar-refractivity contribution in [1.29, 1.82) is 0 Å². The molecule has 0 aliphatic rings. The van der Waals surface area contributed by atoms with Gasteiger partial charge < -0.3 is 4.74 Å².